The SMILES string of the molecule is O=C[C@H](Cc1cnc[nH]1)NC(=O)[C@H](Cc1ccccc1)NC(=O)CCc1cccnc1. The number of amides is 2. The van der Waals surface area contributed by atoms with Crippen LogP contribution in [0.1, 0.15) is 23.2 Å². The lowest BCUT2D eigenvalue weighted by atomic mass is 10.0. The van der Waals surface area contributed by atoms with E-state index in [1.165, 1.54) is 6.33 Å². The van der Waals surface area contributed by atoms with Gasteiger partial charge in [-0.05, 0) is 23.6 Å². The Morgan fingerprint density at radius 2 is 1.77 bits per heavy atom. The van der Waals surface area contributed by atoms with Gasteiger partial charge in [0.25, 0.3) is 0 Å². The fourth-order valence-corrected chi connectivity index (χ4v) is 3.18. The van der Waals surface area contributed by atoms with Gasteiger partial charge >= 0.3 is 0 Å². The highest BCUT2D eigenvalue weighted by Crippen LogP contribution is 2.06. The molecule has 0 radical (unpaired) electrons. The number of rotatable bonds is 11. The minimum atomic E-state index is -0.798. The van der Waals surface area contributed by atoms with Crippen LogP contribution >= 0.6 is 0 Å². The van der Waals surface area contributed by atoms with E-state index < -0.39 is 18.0 Å². The second kappa shape index (κ2) is 11.4. The predicted molar refractivity (Wildman–Crippen MR) is 115 cm³/mol. The van der Waals surface area contributed by atoms with Crippen molar-refractivity contribution in [2.24, 2.45) is 0 Å². The summed E-state index contributed by atoms with van der Waals surface area (Å²) >= 11 is 0. The summed E-state index contributed by atoms with van der Waals surface area (Å²) in [5.74, 6) is -0.647. The second-order valence-corrected chi connectivity index (χ2v) is 7.20. The number of hydrogen-bond acceptors (Lipinski definition) is 5. The number of aldehydes is 1. The van der Waals surface area contributed by atoms with Crippen LogP contribution in [0.15, 0.2) is 67.4 Å². The average molecular weight is 419 g/mol. The Balaban J connectivity index is 1.63. The molecule has 3 rings (SSSR count). The van der Waals surface area contributed by atoms with Crippen LogP contribution in [0, 0.1) is 0 Å². The van der Waals surface area contributed by atoms with Crippen LogP contribution in [-0.4, -0.2) is 45.1 Å². The van der Waals surface area contributed by atoms with E-state index in [9.17, 15) is 14.4 Å². The first-order valence-electron chi connectivity index (χ1n) is 10.1. The van der Waals surface area contributed by atoms with Crippen molar-refractivity contribution in [1.82, 2.24) is 25.6 Å². The number of aryl methyl sites for hydroxylation is 1. The van der Waals surface area contributed by atoms with Crippen LogP contribution in [0.5, 0.6) is 0 Å². The number of imidazole rings is 1. The maximum Gasteiger partial charge on any atom is 0.243 e. The third-order valence-corrected chi connectivity index (χ3v) is 4.78. The first-order valence-corrected chi connectivity index (χ1v) is 10.1. The van der Waals surface area contributed by atoms with E-state index in [1.54, 1.807) is 18.6 Å². The van der Waals surface area contributed by atoms with E-state index in [2.05, 4.69) is 25.6 Å². The molecule has 0 spiro atoms. The van der Waals surface area contributed by atoms with Gasteiger partial charge in [0.05, 0.1) is 12.4 Å². The van der Waals surface area contributed by atoms with Gasteiger partial charge in [-0.1, -0.05) is 36.4 Å². The number of hydrogen-bond donors (Lipinski definition) is 3. The monoisotopic (exact) mass is 419 g/mol. The molecule has 0 bridgehead atoms. The number of H-pyrrole nitrogens is 1. The summed E-state index contributed by atoms with van der Waals surface area (Å²) in [6.45, 7) is 0. The van der Waals surface area contributed by atoms with Crippen molar-refractivity contribution in [3.8, 4) is 0 Å². The van der Waals surface area contributed by atoms with Crippen LogP contribution in [0.2, 0.25) is 0 Å². The molecule has 0 aliphatic carbocycles. The second-order valence-electron chi connectivity index (χ2n) is 7.20. The number of nitrogens with zero attached hydrogens (tertiary/aromatic N) is 2. The minimum absolute atomic E-state index is 0.232. The first kappa shape index (κ1) is 21.9. The van der Waals surface area contributed by atoms with Crippen LogP contribution in [0.4, 0.5) is 0 Å². The summed E-state index contributed by atoms with van der Waals surface area (Å²) in [7, 11) is 0. The number of aromatic amines is 1. The number of benzene rings is 1. The van der Waals surface area contributed by atoms with Crippen molar-refractivity contribution in [3.63, 3.8) is 0 Å². The van der Waals surface area contributed by atoms with Crippen LogP contribution in [0.25, 0.3) is 0 Å². The van der Waals surface area contributed by atoms with E-state index in [0.717, 1.165) is 16.8 Å². The quantitative estimate of drug-likeness (QED) is 0.406. The Labute approximate surface area is 180 Å². The lowest BCUT2D eigenvalue weighted by Gasteiger charge is -2.21. The van der Waals surface area contributed by atoms with Gasteiger partial charge in [0.2, 0.25) is 11.8 Å². The Morgan fingerprint density at radius 3 is 2.45 bits per heavy atom. The van der Waals surface area contributed by atoms with Gasteiger partial charge in [0, 0.05) is 43.5 Å². The number of aromatic nitrogens is 3. The molecule has 0 fully saturated rings. The Bertz CT molecular complexity index is 961. The van der Waals surface area contributed by atoms with Crippen LogP contribution in [-0.2, 0) is 33.6 Å². The lowest BCUT2D eigenvalue weighted by Crippen LogP contribution is -2.51. The van der Waals surface area contributed by atoms with Gasteiger partial charge in [0.15, 0.2) is 0 Å². The molecule has 1 aromatic carbocycles. The molecule has 0 aliphatic rings. The van der Waals surface area contributed by atoms with Crippen molar-refractivity contribution < 1.29 is 14.4 Å². The minimum Gasteiger partial charge on any atom is -0.348 e. The molecule has 3 N–H and O–H groups in total. The van der Waals surface area contributed by atoms with Crippen LogP contribution in [0.3, 0.4) is 0 Å². The Kier molecular flexibility index (Phi) is 8.05. The average Bonchev–Trinajstić information content (AvgIpc) is 3.31. The summed E-state index contributed by atoms with van der Waals surface area (Å²) in [5, 5.41) is 5.54. The third-order valence-electron chi connectivity index (χ3n) is 4.78. The van der Waals surface area contributed by atoms with Crippen molar-refractivity contribution >= 4 is 18.1 Å². The number of nitrogens with one attached hydrogen (secondary N) is 3. The zero-order chi connectivity index (χ0) is 21.9. The molecule has 8 nitrogen and oxygen atoms in total. The molecule has 0 saturated carbocycles. The van der Waals surface area contributed by atoms with Crippen molar-refractivity contribution in [2.75, 3.05) is 0 Å². The molecular formula is C23H25N5O3. The molecule has 2 heterocycles. The summed E-state index contributed by atoms with van der Waals surface area (Å²) in [6, 6.07) is 11.6. The smallest absolute Gasteiger partial charge is 0.243 e. The molecule has 3 aromatic rings. The zero-order valence-corrected chi connectivity index (χ0v) is 17.0. The first-order chi connectivity index (χ1) is 15.1. The number of carbonyl (C=O) groups excluding carboxylic acids is 3. The van der Waals surface area contributed by atoms with Gasteiger partial charge in [-0.25, -0.2) is 4.98 Å². The standard InChI is InChI=1S/C23H25N5O3/c29-15-20(12-19-14-25-16-26-19)27-23(31)21(11-17-5-2-1-3-6-17)28-22(30)9-8-18-7-4-10-24-13-18/h1-7,10,13-16,20-21H,8-9,11-12H2,(H,25,26)(H,27,31)(H,28,30)/t20-,21-/m0/s1. The van der Waals surface area contributed by atoms with Gasteiger partial charge in [-0.15, -0.1) is 0 Å². The Hall–Kier alpha value is -3.81. The fraction of sp³-hybridized carbons (Fsp3) is 0.261. The lowest BCUT2D eigenvalue weighted by molar-refractivity contribution is -0.130. The van der Waals surface area contributed by atoms with Gasteiger partial charge in [-0.2, -0.15) is 0 Å². The highest BCUT2D eigenvalue weighted by Gasteiger charge is 2.24. The topological polar surface area (TPSA) is 117 Å². The van der Waals surface area contributed by atoms with Crippen molar-refractivity contribution in [3.05, 3.63) is 84.2 Å². The molecule has 0 saturated heterocycles. The maximum atomic E-state index is 12.9. The maximum absolute atomic E-state index is 12.9. The summed E-state index contributed by atoms with van der Waals surface area (Å²) in [4.78, 5) is 47.8. The van der Waals surface area contributed by atoms with Crippen molar-refractivity contribution in [1.29, 1.82) is 0 Å². The molecule has 2 aromatic heterocycles. The van der Waals surface area contributed by atoms with Gasteiger partial charge < -0.3 is 20.4 Å². The summed E-state index contributed by atoms with van der Waals surface area (Å²) < 4.78 is 0. The van der Waals surface area contributed by atoms with E-state index >= 15 is 0 Å². The highest BCUT2D eigenvalue weighted by atomic mass is 16.2. The zero-order valence-electron chi connectivity index (χ0n) is 17.0. The molecule has 0 aliphatic heterocycles. The summed E-state index contributed by atoms with van der Waals surface area (Å²) in [5.41, 5.74) is 2.59. The fourth-order valence-electron chi connectivity index (χ4n) is 3.18. The molecule has 8 heteroatoms. The van der Waals surface area contributed by atoms with E-state index in [0.29, 0.717) is 25.5 Å². The highest BCUT2D eigenvalue weighted by molar-refractivity contribution is 5.89. The Morgan fingerprint density at radius 1 is 0.968 bits per heavy atom. The largest absolute Gasteiger partial charge is 0.348 e. The number of carbonyl (C=O) groups is 3. The molecule has 2 atom stereocenters. The molecule has 0 unspecified atom stereocenters. The molecule has 2 amide bonds. The molecular weight excluding hydrogens is 394 g/mol. The normalized spacial score (nSPS) is 12.5. The van der Waals surface area contributed by atoms with Gasteiger partial charge in [0.1, 0.15) is 12.3 Å². The van der Waals surface area contributed by atoms with E-state index in [1.807, 2.05) is 42.5 Å². The third kappa shape index (κ3) is 7.18. The predicted octanol–water partition coefficient (Wildman–Crippen LogP) is 1.39. The van der Waals surface area contributed by atoms with Gasteiger partial charge in [-0.3, -0.25) is 14.6 Å². The molecule has 160 valence electrons. The number of pyridine rings is 1. The molecule has 31 heavy (non-hydrogen) atoms. The van der Waals surface area contributed by atoms with Crippen LogP contribution < -0.4 is 10.6 Å². The summed E-state index contributed by atoms with van der Waals surface area (Å²) in [6.07, 6.45) is 8.56. The van der Waals surface area contributed by atoms with Crippen molar-refractivity contribution in [2.45, 2.75) is 37.8 Å². The van der Waals surface area contributed by atoms with E-state index in [4.69, 9.17) is 0 Å². The van der Waals surface area contributed by atoms with E-state index in [-0.39, 0.29) is 12.3 Å².